The van der Waals surface area contributed by atoms with Crippen LogP contribution in [-0.2, 0) is 0 Å². The fourth-order valence-electron chi connectivity index (χ4n) is 1.55. The largest absolute Gasteiger partial charge is 0.643 e. The average Bonchev–Trinajstić information content (AvgIpc) is 2.64. The normalized spacial score (nSPS) is 10.3. The Hall–Kier alpha value is 1.31. The highest BCUT2D eigenvalue weighted by Gasteiger charge is 2.30. The summed E-state index contributed by atoms with van der Waals surface area (Å²) < 4.78 is 100. The lowest BCUT2D eigenvalue weighted by Crippen LogP contribution is -2.08. The molecule has 0 spiro atoms. The first-order chi connectivity index (χ1) is 15.4. The molecule has 0 nitrogen and oxygen atoms in total. The van der Waals surface area contributed by atoms with Gasteiger partial charge in [0, 0.05) is 12.1 Å². The number of hydrogen-bond acceptors (Lipinski definition) is 0. The van der Waals surface area contributed by atoms with Crippen LogP contribution in [0.15, 0.2) is 12.1 Å². The molecule has 0 N–H and O–H groups in total. The first-order valence-electron chi connectivity index (χ1n) is 7.43. The molecule has 0 bridgehead atoms. The Labute approximate surface area is 239 Å². The topological polar surface area (TPSA) is 0 Å². The molecule has 0 amide bonds. The number of rotatable bonds is 2. The van der Waals surface area contributed by atoms with Crippen LogP contribution in [0.3, 0.4) is 0 Å². The van der Waals surface area contributed by atoms with Crippen LogP contribution in [0.2, 0.25) is 0 Å². The molecular weight excluding hydrogens is 714 g/mol. The molecule has 34 heavy (non-hydrogen) atoms. The summed E-state index contributed by atoms with van der Waals surface area (Å²) in [4.78, 5) is -3.50. The Bertz CT molecular complexity index is 788. The fourth-order valence-corrected chi connectivity index (χ4v) is 2.31. The summed E-state index contributed by atoms with van der Waals surface area (Å²) in [5.41, 5.74) is -2.23. The zero-order valence-electron chi connectivity index (χ0n) is 15.3. The fraction of sp³-hybridized carbons (Fsp3) is 0.200. The highest BCUT2D eigenvalue weighted by Crippen LogP contribution is 2.38. The highest BCUT2D eigenvalue weighted by molar-refractivity contribution is 7.54. The van der Waals surface area contributed by atoms with Crippen LogP contribution in [0, 0.1) is 46.5 Å². The molecule has 0 aliphatic heterocycles. The number of alkyl halides is 7. The lowest BCUT2D eigenvalue weighted by Gasteiger charge is -2.12. The Morgan fingerprint density at radius 2 is 0.618 bits per heavy atom. The molecule has 0 heterocycles. The van der Waals surface area contributed by atoms with Gasteiger partial charge in [0.15, 0.2) is 50.8 Å². The van der Waals surface area contributed by atoms with Gasteiger partial charge >= 0.3 is 11.4 Å². The van der Waals surface area contributed by atoms with Crippen LogP contribution in [0.4, 0.5) is 35.1 Å². The van der Waals surface area contributed by atoms with Gasteiger partial charge in [-0.15, -0.1) is 0 Å². The van der Waals surface area contributed by atoms with Crippen molar-refractivity contribution >= 4 is 123 Å². The van der Waals surface area contributed by atoms with E-state index in [2.05, 4.69) is 0 Å². The van der Waals surface area contributed by atoms with Gasteiger partial charge in [0.25, 0.3) is 0 Å². The summed E-state index contributed by atoms with van der Waals surface area (Å²) in [6.07, 6.45) is 0. The van der Waals surface area contributed by atoms with E-state index in [9.17, 15) is 35.1 Å². The molecule has 194 valence electrons. The summed E-state index contributed by atoms with van der Waals surface area (Å²) in [5.74, 6) is -12.4. The molecule has 2 rings (SSSR count). The van der Waals surface area contributed by atoms with E-state index in [1.165, 1.54) is 0 Å². The van der Waals surface area contributed by atoms with Crippen molar-refractivity contribution in [3.63, 3.8) is 0 Å². The number of halogens is 18. The van der Waals surface area contributed by atoms with Gasteiger partial charge in [-0.2, -0.15) is 0 Å². The van der Waals surface area contributed by atoms with Crippen molar-refractivity contribution in [2.75, 3.05) is 0 Å². The minimum Gasteiger partial charge on any atom is -0.214 e. The Morgan fingerprint density at radius 3 is 0.735 bits per heavy atom. The summed E-state index contributed by atoms with van der Waals surface area (Å²) in [6, 6.07) is 0.315. The predicted molar refractivity (Wildman–Crippen MR) is 126 cm³/mol. The van der Waals surface area contributed by atoms with E-state index in [0.717, 1.165) is 0 Å². The van der Waals surface area contributed by atoms with E-state index < -0.39 is 83.0 Å². The molecule has 0 unspecified atom stereocenters. The lowest BCUT2D eigenvalue weighted by atomic mass is 10.1. The van der Waals surface area contributed by atoms with E-state index in [0.29, 0.717) is 0 Å². The smallest absolute Gasteiger partial charge is 0.214 e. The SMILES string of the molecule is ClC(Cl)Cl.Fc1c(F)c(C(Cl)Cl)c(F)c(F)c1C(Cl)Cl.Fc1cc(F)c(F)cc1F.[Cl][Al]([Cl])[Cl]. The lowest BCUT2D eigenvalue weighted by molar-refractivity contribution is 0.432. The van der Waals surface area contributed by atoms with Gasteiger partial charge in [0.05, 0.1) is 11.1 Å². The maximum atomic E-state index is 13.2. The van der Waals surface area contributed by atoms with Crippen molar-refractivity contribution in [2.24, 2.45) is 0 Å². The zero-order valence-corrected chi connectivity index (χ0v) is 24.0. The zero-order chi connectivity index (χ0) is 27.5. The molecule has 19 heteroatoms. The van der Waals surface area contributed by atoms with Crippen molar-refractivity contribution in [3.05, 3.63) is 69.8 Å². The van der Waals surface area contributed by atoms with Crippen LogP contribution in [-0.4, -0.2) is 15.7 Å². The molecule has 0 saturated carbocycles. The molecular formula is C15H5AlCl10F8. The first kappa shape index (κ1) is 37.5. The molecule has 0 aliphatic rings. The third-order valence-electron chi connectivity index (χ3n) is 2.73. The Balaban J connectivity index is 0. The minimum atomic E-state index is -1.75. The molecule has 2 aromatic rings. The van der Waals surface area contributed by atoms with E-state index in [1.807, 2.05) is 0 Å². The number of benzene rings is 2. The average molecular weight is 719 g/mol. The van der Waals surface area contributed by atoms with Gasteiger partial charge in [0.1, 0.15) is 9.67 Å². The van der Waals surface area contributed by atoms with Gasteiger partial charge in [-0.25, -0.2) is 65.3 Å². The molecule has 0 saturated heterocycles. The molecule has 0 aromatic heterocycles. The minimum absolute atomic E-state index is 0.157. The van der Waals surface area contributed by atoms with Gasteiger partial charge in [-0.1, -0.05) is 81.2 Å². The van der Waals surface area contributed by atoms with Crippen LogP contribution in [0.1, 0.15) is 20.8 Å². The highest BCUT2D eigenvalue weighted by atomic mass is 35.8. The molecule has 0 atom stereocenters. The van der Waals surface area contributed by atoms with Gasteiger partial charge < -0.3 is 0 Å². The van der Waals surface area contributed by atoms with Crippen molar-refractivity contribution < 1.29 is 35.1 Å². The third-order valence-corrected chi connectivity index (χ3v) is 3.60. The predicted octanol–water partition coefficient (Wildman–Crippen LogP) is 11.1. The quantitative estimate of drug-likeness (QED) is 0.126. The second kappa shape index (κ2) is 18.5. The van der Waals surface area contributed by atoms with Crippen molar-refractivity contribution in [3.8, 4) is 0 Å². The van der Waals surface area contributed by atoms with Crippen molar-refractivity contribution in [2.45, 2.75) is 14.0 Å². The maximum Gasteiger partial charge on any atom is 0.643 e. The van der Waals surface area contributed by atoms with Crippen LogP contribution >= 0.6 is 111 Å². The van der Waals surface area contributed by atoms with Gasteiger partial charge in [0.2, 0.25) is 0 Å². The second-order valence-corrected chi connectivity index (χ2v) is 15.5. The van der Waals surface area contributed by atoms with Crippen molar-refractivity contribution in [1.82, 2.24) is 0 Å². The molecule has 2 aromatic carbocycles. The second-order valence-electron chi connectivity index (χ2n) is 4.86. The van der Waals surface area contributed by atoms with E-state index in [1.54, 1.807) is 0 Å². The summed E-state index contributed by atoms with van der Waals surface area (Å²) in [7, 11) is 14.8. The molecule has 0 aliphatic carbocycles. The van der Waals surface area contributed by atoms with E-state index >= 15 is 0 Å². The maximum absolute atomic E-state index is 13.2. The summed E-state index contributed by atoms with van der Waals surface area (Å²) in [5, 5.41) is 0. The Morgan fingerprint density at radius 1 is 0.471 bits per heavy atom. The van der Waals surface area contributed by atoms with Crippen LogP contribution in [0.25, 0.3) is 0 Å². The van der Waals surface area contributed by atoms with E-state index in [-0.39, 0.29) is 12.1 Å². The van der Waals surface area contributed by atoms with Gasteiger partial charge in [-0.05, 0) is 0 Å². The van der Waals surface area contributed by atoms with Crippen molar-refractivity contribution in [1.29, 1.82) is 0 Å². The summed E-state index contributed by atoms with van der Waals surface area (Å²) >= 11 is 33.4. The monoisotopic (exact) mass is 714 g/mol. The van der Waals surface area contributed by atoms with Crippen LogP contribution < -0.4 is 0 Å². The Kier molecular flexibility index (Phi) is 20.4. The summed E-state index contributed by atoms with van der Waals surface area (Å²) in [6.45, 7) is 0. The van der Waals surface area contributed by atoms with Gasteiger partial charge in [-0.3, -0.25) is 0 Å². The number of hydrogen-bond donors (Lipinski definition) is 0. The standard InChI is InChI=1S/C8H2Cl4F4.C6H2F4.CHCl3.Al.3ClH/c9-7(10)1-3(13)5(15)2(8(11)12)6(16)4(1)14;7-3-1-4(8)6(10)2-5(3)9;2-1(3)4;;;;/h7-8H;1-2H;1H;;3*1H/q;;;+3;;;/p-3. The molecule has 0 radical (unpaired) electrons. The van der Waals surface area contributed by atoms with Crippen LogP contribution in [0.5, 0.6) is 0 Å². The molecule has 0 fully saturated rings. The van der Waals surface area contributed by atoms with E-state index in [4.69, 9.17) is 111 Å². The third kappa shape index (κ3) is 14.3. The first-order valence-corrected chi connectivity index (χ1v) is 15.7.